The van der Waals surface area contributed by atoms with E-state index in [1.807, 2.05) is 18.2 Å². The maximum absolute atomic E-state index is 11.9. The number of hydrogen-bond acceptors (Lipinski definition) is 5. The first-order chi connectivity index (χ1) is 14.4. The van der Waals surface area contributed by atoms with Gasteiger partial charge in [0.25, 0.3) is 11.1 Å². The van der Waals surface area contributed by atoms with E-state index in [-0.39, 0.29) is 11.1 Å². The number of amides is 2. The van der Waals surface area contributed by atoms with Crippen molar-refractivity contribution in [2.75, 3.05) is 18.6 Å². The zero-order valence-corrected chi connectivity index (χ0v) is 18.6. The highest BCUT2D eigenvalue weighted by molar-refractivity contribution is 8.18. The topological polar surface area (TPSA) is 58.6 Å². The summed E-state index contributed by atoms with van der Waals surface area (Å²) in [5.74, 6) is 0.442. The Balaban J connectivity index is 1.79. The van der Waals surface area contributed by atoms with Gasteiger partial charge in [0.1, 0.15) is 5.75 Å². The van der Waals surface area contributed by atoms with Crippen LogP contribution in [0.1, 0.15) is 37.0 Å². The number of methoxy groups -OCH3 is 1. The van der Waals surface area contributed by atoms with Crippen molar-refractivity contribution in [3.63, 3.8) is 0 Å². The molecule has 0 saturated carbocycles. The molecule has 2 aromatic rings. The van der Waals surface area contributed by atoms with Crippen molar-refractivity contribution in [2.24, 2.45) is 0 Å². The summed E-state index contributed by atoms with van der Waals surface area (Å²) in [6.45, 7) is 7.70. The van der Waals surface area contributed by atoms with Crippen LogP contribution in [-0.2, 0) is 11.2 Å². The molecule has 2 aromatic carbocycles. The molecule has 0 aromatic heterocycles. The van der Waals surface area contributed by atoms with Crippen LogP contribution in [0.25, 0.3) is 17.2 Å². The second kappa shape index (κ2) is 8.19. The molecule has 0 radical (unpaired) electrons. The molecule has 0 atom stereocenters. The molecule has 4 rings (SSSR count). The van der Waals surface area contributed by atoms with Gasteiger partial charge < -0.3 is 9.64 Å². The Morgan fingerprint density at radius 1 is 1.17 bits per heavy atom. The van der Waals surface area contributed by atoms with E-state index in [1.54, 1.807) is 13.2 Å². The molecule has 2 aliphatic rings. The lowest BCUT2D eigenvalue weighted by molar-refractivity contribution is -0.115. The van der Waals surface area contributed by atoms with Gasteiger partial charge in [-0.3, -0.25) is 14.9 Å². The van der Waals surface area contributed by atoms with Gasteiger partial charge >= 0.3 is 0 Å². The number of rotatable bonds is 4. The number of anilines is 1. The second-order valence-corrected chi connectivity index (χ2v) is 9.01. The molecule has 0 aliphatic carbocycles. The van der Waals surface area contributed by atoms with Crippen molar-refractivity contribution in [2.45, 2.75) is 39.7 Å². The first kappa shape index (κ1) is 20.5. The van der Waals surface area contributed by atoms with Crippen molar-refractivity contribution in [1.29, 1.82) is 0 Å². The van der Waals surface area contributed by atoms with Gasteiger partial charge in [-0.05, 0) is 98.0 Å². The summed E-state index contributed by atoms with van der Waals surface area (Å²) in [6, 6.07) is 10.9. The Kier molecular flexibility index (Phi) is 5.60. The normalized spacial score (nSPS) is 17.5. The lowest BCUT2D eigenvalue weighted by Crippen LogP contribution is -2.35. The van der Waals surface area contributed by atoms with Crippen LogP contribution < -0.4 is 15.0 Å². The molecule has 5 nitrogen and oxygen atoms in total. The second-order valence-electron chi connectivity index (χ2n) is 8.00. The molecule has 2 aliphatic heterocycles. The van der Waals surface area contributed by atoms with Crippen LogP contribution in [0.4, 0.5) is 10.5 Å². The molecule has 30 heavy (non-hydrogen) atoms. The van der Waals surface area contributed by atoms with Crippen molar-refractivity contribution < 1.29 is 14.3 Å². The largest absolute Gasteiger partial charge is 0.496 e. The van der Waals surface area contributed by atoms with Crippen LogP contribution >= 0.6 is 11.8 Å². The quantitative estimate of drug-likeness (QED) is 0.690. The number of thioether (sulfide) groups is 1. The van der Waals surface area contributed by atoms with Crippen molar-refractivity contribution >= 4 is 34.7 Å². The number of aryl methyl sites for hydroxylation is 2. The summed E-state index contributed by atoms with van der Waals surface area (Å²) in [5.41, 5.74) is 6.86. The molecule has 2 heterocycles. The van der Waals surface area contributed by atoms with E-state index in [1.165, 1.54) is 16.8 Å². The Labute approximate surface area is 181 Å². The molecular formula is C24H26N2O3S. The van der Waals surface area contributed by atoms with E-state index < -0.39 is 0 Å². The summed E-state index contributed by atoms with van der Waals surface area (Å²) in [4.78, 5) is 26.3. The average molecular weight is 423 g/mol. The molecule has 0 bridgehead atoms. The van der Waals surface area contributed by atoms with Gasteiger partial charge in [-0.15, -0.1) is 0 Å². The van der Waals surface area contributed by atoms with E-state index >= 15 is 0 Å². The molecule has 156 valence electrons. The van der Waals surface area contributed by atoms with Gasteiger partial charge in [-0.2, -0.15) is 0 Å². The minimum Gasteiger partial charge on any atom is -0.496 e. The third-order valence-corrected chi connectivity index (χ3v) is 6.47. The first-order valence-electron chi connectivity index (χ1n) is 10.2. The zero-order valence-electron chi connectivity index (χ0n) is 17.7. The van der Waals surface area contributed by atoms with E-state index in [0.717, 1.165) is 53.6 Å². The van der Waals surface area contributed by atoms with Gasteiger partial charge in [0.15, 0.2) is 0 Å². The van der Waals surface area contributed by atoms with E-state index in [9.17, 15) is 9.59 Å². The third kappa shape index (κ3) is 3.84. The number of nitrogens with zero attached hydrogens (tertiary/aromatic N) is 1. The van der Waals surface area contributed by atoms with E-state index in [2.05, 4.69) is 43.1 Å². The summed E-state index contributed by atoms with van der Waals surface area (Å²) < 4.78 is 5.65. The highest BCUT2D eigenvalue weighted by atomic mass is 32.2. The summed E-state index contributed by atoms with van der Waals surface area (Å²) in [5, 5.41) is 1.97. The van der Waals surface area contributed by atoms with Gasteiger partial charge in [-0.25, -0.2) is 0 Å². The summed E-state index contributed by atoms with van der Waals surface area (Å²) in [6.07, 6.45) is 3.97. The van der Waals surface area contributed by atoms with Crippen LogP contribution in [0.2, 0.25) is 0 Å². The Morgan fingerprint density at radius 3 is 2.63 bits per heavy atom. The standard InChI is InChI=1S/C24H26N2O3S/c1-14(2)26-9-5-6-17-13-18(15(3)10-20(17)26)19-11-16(7-8-21(19)29-4)12-22-23(27)25-24(28)30-22/h7-8,10-14H,5-6,9H2,1-4H3,(H,25,27,28). The predicted molar refractivity (Wildman–Crippen MR) is 123 cm³/mol. The minimum absolute atomic E-state index is 0.333. The van der Waals surface area contributed by atoms with Crippen LogP contribution in [-0.4, -0.2) is 30.8 Å². The fourth-order valence-corrected chi connectivity index (χ4v) is 4.87. The number of imide groups is 1. The molecule has 1 saturated heterocycles. The molecule has 0 spiro atoms. The van der Waals surface area contributed by atoms with Gasteiger partial charge in [-0.1, -0.05) is 6.07 Å². The zero-order chi connectivity index (χ0) is 21.4. The Morgan fingerprint density at radius 2 is 1.97 bits per heavy atom. The lowest BCUT2D eigenvalue weighted by atomic mass is 9.91. The smallest absolute Gasteiger partial charge is 0.290 e. The number of benzene rings is 2. The summed E-state index contributed by atoms with van der Waals surface area (Å²) >= 11 is 0.930. The highest BCUT2D eigenvalue weighted by Gasteiger charge is 2.25. The minimum atomic E-state index is -0.346. The van der Waals surface area contributed by atoms with Gasteiger partial charge in [0.2, 0.25) is 0 Å². The van der Waals surface area contributed by atoms with Crippen molar-refractivity contribution in [3.8, 4) is 16.9 Å². The Bertz CT molecular complexity index is 1060. The van der Waals surface area contributed by atoms with Crippen molar-refractivity contribution in [3.05, 3.63) is 51.9 Å². The number of carbonyl (C=O) groups is 2. The summed E-state index contributed by atoms with van der Waals surface area (Å²) in [7, 11) is 1.67. The number of fused-ring (bicyclic) bond motifs is 1. The van der Waals surface area contributed by atoms with Crippen LogP contribution in [0.15, 0.2) is 35.2 Å². The van der Waals surface area contributed by atoms with Gasteiger partial charge in [0, 0.05) is 23.8 Å². The number of carbonyl (C=O) groups excluding carboxylic acids is 2. The fourth-order valence-electron chi connectivity index (χ4n) is 4.19. The van der Waals surface area contributed by atoms with Crippen molar-refractivity contribution in [1.82, 2.24) is 5.32 Å². The fraction of sp³-hybridized carbons (Fsp3) is 0.333. The van der Waals surface area contributed by atoms with Gasteiger partial charge in [0.05, 0.1) is 12.0 Å². The number of ether oxygens (including phenoxy) is 1. The molecule has 6 heteroatoms. The number of hydrogen-bond donors (Lipinski definition) is 1. The Hall–Kier alpha value is -2.73. The highest BCUT2D eigenvalue weighted by Crippen LogP contribution is 2.39. The molecule has 0 unspecified atom stereocenters. The average Bonchev–Trinajstić information content (AvgIpc) is 3.03. The van der Waals surface area contributed by atoms with E-state index in [0.29, 0.717) is 10.9 Å². The molecule has 2 amide bonds. The monoisotopic (exact) mass is 422 g/mol. The van der Waals surface area contributed by atoms with Crippen LogP contribution in [0.5, 0.6) is 5.75 Å². The van der Waals surface area contributed by atoms with Crippen LogP contribution in [0, 0.1) is 6.92 Å². The SMILES string of the molecule is COc1ccc(C=C2SC(=O)NC2=O)cc1-c1cc2c(cc1C)N(C(C)C)CCC2. The predicted octanol–water partition coefficient (Wildman–Crippen LogP) is 5.16. The first-order valence-corrected chi connectivity index (χ1v) is 11.0. The maximum Gasteiger partial charge on any atom is 0.290 e. The molecular weight excluding hydrogens is 396 g/mol. The molecule has 1 fully saturated rings. The molecule has 1 N–H and O–H groups in total. The maximum atomic E-state index is 11.9. The third-order valence-electron chi connectivity index (χ3n) is 5.66. The lowest BCUT2D eigenvalue weighted by Gasteiger charge is -2.35. The number of nitrogens with one attached hydrogen (secondary N) is 1. The van der Waals surface area contributed by atoms with E-state index in [4.69, 9.17) is 4.74 Å². The van der Waals surface area contributed by atoms with Crippen LogP contribution in [0.3, 0.4) is 0 Å².